The Morgan fingerprint density at radius 3 is 2.26 bits per heavy atom. The summed E-state index contributed by atoms with van der Waals surface area (Å²) in [7, 11) is 0. The van der Waals surface area contributed by atoms with E-state index >= 15 is 0 Å². The number of ether oxygens (including phenoxy) is 1. The van der Waals surface area contributed by atoms with E-state index in [4.69, 9.17) is 4.74 Å². The highest BCUT2D eigenvalue weighted by molar-refractivity contribution is 9.10. The number of rotatable bonds is 5. The Kier molecular flexibility index (Phi) is 6.09. The van der Waals surface area contributed by atoms with E-state index in [1.54, 1.807) is 29.2 Å². The molecule has 2 amide bonds. The first-order chi connectivity index (χ1) is 14.9. The third-order valence-electron chi connectivity index (χ3n) is 5.47. The van der Waals surface area contributed by atoms with Gasteiger partial charge in [-0.25, -0.2) is 0 Å². The summed E-state index contributed by atoms with van der Waals surface area (Å²) in [5, 5.41) is 2.92. The average Bonchev–Trinajstić information content (AvgIpc) is 3.15. The van der Waals surface area contributed by atoms with Gasteiger partial charge in [0.1, 0.15) is 11.5 Å². The van der Waals surface area contributed by atoms with Crippen molar-refractivity contribution in [2.45, 2.75) is 20.3 Å². The molecule has 1 atom stereocenters. The molecule has 31 heavy (non-hydrogen) atoms. The lowest BCUT2D eigenvalue weighted by Gasteiger charge is -2.18. The first-order valence-corrected chi connectivity index (χ1v) is 10.9. The number of nitrogens with one attached hydrogen (secondary N) is 1. The second kappa shape index (κ2) is 8.94. The highest BCUT2D eigenvalue weighted by Gasteiger charge is 2.35. The van der Waals surface area contributed by atoms with Crippen molar-refractivity contribution >= 4 is 39.1 Å². The molecule has 0 radical (unpaired) electrons. The Labute approximate surface area is 190 Å². The second-order valence-corrected chi connectivity index (χ2v) is 8.66. The van der Waals surface area contributed by atoms with Gasteiger partial charge in [0.25, 0.3) is 0 Å². The van der Waals surface area contributed by atoms with Gasteiger partial charge in [0, 0.05) is 28.8 Å². The lowest BCUT2D eigenvalue weighted by Crippen LogP contribution is -2.28. The number of nitrogens with zero attached hydrogens (tertiary/aromatic N) is 1. The van der Waals surface area contributed by atoms with Gasteiger partial charge in [-0.15, -0.1) is 0 Å². The number of benzene rings is 3. The molecule has 1 aliphatic heterocycles. The van der Waals surface area contributed by atoms with Gasteiger partial charge in [0.15, 0.2) is 0 Å². The molecule has 1 fully saturated rings. The van der Waals surface area contributed by atoms with Crippen molar-refractivity contribution in [1.82, 2.24) is 0 Å². The summed E-state index contributed by atoms with van der Waals surface area (Å²) in [5.41, 5.74) is 3.82. The molecule has 3 aromatic rings. The minimum Gasteiger partial charge on any atom is -0.457 e. The topological polar surface area (TPSA) is 58.6 Å². The maximum absolute atomic E-state index is 12.7. The van der Waals surface area contributed by atoms with Crippen LogP contribution in [-0.4, -0.2) is 18.4 Å². The molecule has 0 aromatic heterocycles. The third-order valence-corrected chi connectivity index (χ3v) is 6.00. The van der Waals surface area contributed by atoms with E-state index in [0.29, 0.717) is 18.0 Å². The molecule has 0 unspecified atom stereocenters. The third kappa shape index (κ3) is 4.97. The smallest absolute Gasteiger partial charge is 0.229 e. The van der Waals surface area contributed by atoms with Crippen LogP contribution in [0.15, 0.2) is 71.2 Å². The fourth-order valence-corrected chi connectivity index (χ4v) is 3.78. The zero-order chi connectivity index (χ0) is 22.0. The predicted molar refractivity (Wildman–Crippen MR) is 126 cm³/mol. The van der Waals surface area contributed by atoms with Gasteiger partial charge >= 0.3 is 0 Å². The van der Waals surface area contributed by atoms with Gasteiger partial charge in [-0.1, -0.05) is 22.0 Å². The molecular weight excluding hydrogens is 456 g/mol. The van der Waals surface area contributed by atoms with Gasteiger partial charge < -0.3 is 15.0 Å². The number of amides is 2. The fourth-order valence-electron chi connectivity index (χ4n) is 3.52. The molecule has 6 heteroatoms. The molecule has 1 N–H and O–H groups in total. The summed E-state index contributed by atoms with van der Waals surface area (Å²) in [6.07, 6.45) is 0.212. The summed E-state index contributed by atoms with van der Waals surface area (Å²) < 4.78 is 6.79. The minimum atomic E-state index is -0.382. The molecule has 158 valence electrons. The molecule has 5 nitrogen and oxygen atoms in total. The molecule has 4 rings (SSSR count). The number of halogens is 1. The van der Waals surface area contributed by atoms with Crippen LogP contribution in [0.3, 0.4) is 0 Å². The standard InChI is InChI=1S/C25H23BrN2O3/c1-16-3-8-21(13-17(16)2)28-15-18(14-24(28)29)25(30)27-20-6-11-23(12-7-20)31-22-9-4-19(26)5-10-22/h3-13,18H,14-15H2,1-2H3,(H,27,30)/t18-/m0/s1. The van der Waals surface area contributed by atoms with Crippen LogP contribution in [0.5, 0.6) is 11.5 Å². The normalized spacial score (nSPS) is 15.8. The van der Waals surface area contributed by atoms with Crippen LogP contribution in [0, 0.1) is 19.8 Å². The maximum atomic E-state index is 12.7. The van der Waals surface area contributed by atoms with E-state index in [9.17, 15) is 9.59 Å². The van der Waals surface area contributed by atoms with Gasteiger partial charge in [-0.05, 0) is 85.6 Å². The van der Waals surface area contributed by atoms with Crippen molar-refractivity contribution in [1.29, 1.82) is 0 Å². The summed E-state index contributed by atoms with van der Waals surface area (Å²) in [6.45, 7) is 4.45. The first-order valence-electron chi connectivity index (χ1n) is 10.1. The van der Waals surface area contributed by atoms with E-state index < -0.39 is 0 Å². The maximum Gasteiger partial charge on any atom is 0.229 e. The van der Waals surface area contributed by atoms with Gasteiger partial charge in [0.05, 0.1) is 5.92 Å². The van der Waals surface area contributed by atoms with E-state index in [1.807, 2.05) is 56.3 Å². The molecule has 3 aromatic carbocycles. The van der Waals surface area contributed by atoms with Crippen LogP contribution >= 0.6 is 15.9 Å². The molecular formula is C25H23BrN2O3. The zero-order valence-corrected chi connectivity index (χ0v) is 19.0. The molecule has 0 aliphatic carbocycles. The average molecular weight is 479 g/mol. The monoisotopic (exact) mass is 478 g/mol. The summed E-state index contributed by atoms with van der Waals surface area (Å²) in [5.74, 6) is 0.851. The number of carbonyl (C=O) groups is 2. The molecule has 1 saturated heterocycles. The number of aryl methyl sites for hydroxylation is 2. The second-order valence-electron chi connectivity index (χ2n) is 7.74. The minimum absolute atomic E-state index is 0.0263. The Morgan fingerprint density at radius 1 is 0.968 bits per heavy atom. The lowest BCUT2D eigenvalue weighted by atomic mass is 10.1. The molecule has 0 saturated carbocycles. The van der Waals surface area contributed by atoms with E-state index in [2.05, 4.69) is 21.2 Å². The van der Waals surface area contributed by atoms with Crippen LogP contribution in [0.1, 0.15) is 17.5 Å². The summed E-state index contributed by atoms with van der Waals surface area (Å²) in [4.78, 5) is 26.9. The van der Waals surface area contributed by atoms with Crippen LogP contribution in [0.4, 0.5) is 11.4 Å². The van der Waals surface area contributed by atoms with Crippen molar-refractivity contribution in [3.63, 3.8) is 0 Å². The number of anilines is 2. The quantitative estimate of drug-likeness (QED) is 0.500. The van der Waals surface area contributed by atoms with Crippen molar-refractivity contribution in [3.05, 3.63) is 82.3 Å². The Balaban J connectivity index is 1.37. The highest BCUT2D eigenvalue weighted by atomic mass is 79.9. The largest absolute Gasteiger partial charge is 0.457 e. The Morgan fingerprint density at radius 2 is 1.61 bits per heavy atom. The van der Waals surface area contributed by atoms with E-state index in [1.165, 1.54) is 5.56 Å². The van der Waals surface area contributed by atoms with Gasteiger partial charge in [-0.2, -0.15) is 0 Å². The van der Waals surface area contributed by atoms with Crippen LogP contribution in [0.2, 0.25) is 0 Å². The summed E-state index contributed by atoms with van der Waals surface area (Å²) >= 11 is 3.40. The number of hydrogen-bond donors (Lipinski definition) is 1. The van der Waals surface area contributed by atoms with Crippen molar-refractivity contribution in [2.24, 2.45) is 5.92 Å². The first kappa shape index (κ1) is 21.1. The van der Waals surface area contributed by atoms with Crippen molar-refractivity contribution in [3.8, 4) is 11.5 Å². The molecule has 1 aliphatic rings. The number of carbonyl (C=O) groups excluding carboxylic acids is 2. The van der Waals surface area contributed by atoms with Crippen LogP contribution in [-0.2, 0) is 9.59 Å². The summed E-state index contributed by atoms with van der Waals surface area (Å²) in [6, 6.07) is 20.7. The Hall–Kier alpha value is -3.12. The zero-order valence-electron chi connectivity index (χ0n) is 17.4. The van der Waals surface area contributed by atoms with Gasteiger partial charge in [-0.3, -0.25) is 9.59 Å². The molecule has 0 bridgehead atoms. The van der Waals surface area contributed by atoms with E-state index in [-0.39, 0.29) is 24.2 Å². The van der Waals surface area contributed by atoms with Crippen molar-refractivity contribution < 1.29 is 14.3 Å². The fraction of sp³-hybridized carbons (Fsp3) is 0.200. The lowest BCUT2D eigenvalue weighted by molar-refractivity contribution is -0.122. The molecule has 0 spiro atoms. The number of hydrogen-bond acceptors (Lipinski definition) is 3. The van der Waals surface area contributed by atoms with Crippen LogP contribution in [0.25, 0.3) is 0 Å². The highest BCUT2D eigenvalue weighted by Crippen LogP contribution is 2.28. The van der Waals surface area contributed by atoms with Crippen molar-refractivity contribution in [2.75, 3.05) is 16.8 Å². The van der Waals surface area contributed by atoms with E-state index in [0.717, 1.165) is 21.5 Å². The molecule has 1 heterocycles. The van der Waals surface area contributed by atoms with Crippen LogP contribution < -0.4 is 15.0 Å². The predicted octanol–water partition coefficient (Wildman–Crippen LogP) is 5.85. The Bertz CT molecular complexity index is 1110. The van der Waals surface area contributed by atoms with Gasteiger partial charge in [0.2, 0.25) is 11.8 Å². The SMILES string of the molecule is Cc1ccc(N2C[C@@H](C(=O)Nc3ccc(Oc4ccc(Br)cc4)cc3)CC2=O)cc1C.